The van der Waals surface area contributed by atoms with Gasteiger partial charge in [-0.2, -0.15) is 0 Å². The Morgan fingerprint density at radius 3 is 2.45 bits per heavy atom. The fourth-order valence-electron chi connectivity index (χ4n) is 1.24. The summed E-state index contributed by atoms with van der Waals surface area (Å²) < 4.78 is 63.5. The predicted molar refractivity (Wildman–Crippen MR) is 76.5 cm³/mol. The van der Waals surface area contributed by atoms with Gasteiger partial charge in [-0.05, 0) is 35.1 Å². The van der Waals surface area contributed by atoms with E-state index >= 15 is 0 Å². The fourth-order valence-corrected chi connectivity index (χ4v) is 4.02. The molecule has 0 amide bonds. The third-order valence-corrected chi connectivity index (χ3v) is 6.10. The zero-order valence-corrected chi connectivity index (χ0v) is 13.6. The van der Waals surface area contributed by atoms with Crippen LogP contribution < -0.4 is 15.2 Å². The smallest absolute Gasteiger partial charge is 0.241 e. The average molecular weight is 390 g/mol. The lowest BCUT2D eigenvalue weighted by Crippen LogP contribution is -2.33. The topological polar surface area (TPSA) is 118 Å². The summed E-state index contributed by atoms with van der Waals surface area (Å²) in [5.74, 6) is -1.18. The Bertz CT molecular complexity index is 706. The molecule has 11 heteroatoms. The van der Waals surface area contributed by atoms with Crippen LogP contribution in [0, 0.1) is 5.82 Å². The van der Waals surface area contributed by atoms with Crippen molar-refractivity contribution in [1.82, 2.24) is 9.44 Å². The minimum Gasteiger partial charge on any atom is -0.396 e. The molecule has 0 saturated carbocycles. The first-order valence-electron chi connectivity index (χ1n) is 5.24. The van der Waals surface area contributed by atoms with Gasteiger partial charge >= 0.3 is 0 Å². The Morgan fingerprint density at radius 1 is 1.30 bits per heavy atom. The van der Waals surface area contributed by atoms with Gasteiger partial charge in [0.2, 0.25) is 20.0 Å². The third-order valence-electron chi connectivity index (χ3n) is 2.31. The number of nitrogens with two attached hydrogens (primary N) is 1. The number of nitrogen functional groups attached to an aromatic ring is 1. The largest absolute Gasteiger partial charge is 0.396 e. The maximum atomic E-state index is 13.1. The third kappa shape index (κ3) is 4.38. The van der Waals surface area contributed by atoms with Gasteiger partial charge in [0.1, 0.15) is 5.82 Å². The fraction of sp³-hybridized carbons (Fsp3) is 0.333. The molecule has 0 atom stereocenters. The molecule has 0 aromatic heterocycles. The summed E-state index contributed by atoms with van der Waals surface area (Å²) in [5, 5.41) is 0. The van der Waals surface area contributed by atoms with Crippen molar-refractivity contribution in [2.45, 2.75) is 4.90 Å². The molecule has 0 spiro atoms. The summed E-state index contributed by atoms with van der Waals surface area (Å²) in [6.07, 6.45) is 0. The molecule has 0 aliphatic heterocycles. The van der Waals surface area contributed by atoms with Crippen LogP contribution in [0.1, 0.15) is 0 Å². The Hall–Kier alpha value is -0.750. The Labute approximate surface area is 125 Å². The molecule has 1 aromatic rings. The number of hydrogen-bond donors (Lipinski definition) is 3. The van der Waals surface area contributed by atoms with E-state index < -0.39 is 31.6 Å². The lowest BCUT2D eigenvalue weighted by Gasteiger charge is -2.10. The van der Waals surface area contributed by atoms with Crippen molar-refractivity contribution in [2.24, 2.45) is 0 Å². The molecule has 0 bridgehead atoms. The van der Waals surface area contributed by atoms with Gasteiger partial charge in [0.15, 0.2) is 0 Å². The van der Waals surface area contributed by atoms with Gasteiger partial charge in [-0.3, -0.25) is 0 Å². The highest BCUT2D eigenvalue weighted by Gasteiger charge is 2.20. The van der Waals surface area contributed by atoms with Crippen LogP contribution in [-0.2, 0) is 20.0 Å². The van der Waals surface area contributed by atoms with Crippen LogP contribution in [0.3, 0.4) is 0 Å². The monoisotopic (exact) mass is 389 g/mol. The van der Waals surface area contributed by atoms with E-state index in [1.54, 1.807) is 0 Å². The first-order valence-corrected chi connectivity index (χ1v) is 9.17. The highest BCUT2D eigenvalue weighted by molar-refractivity contribution is 9.10. The summed E-state index contributed by atoms with van der Waals surface area (Å²) in [5.41, 5.74) is 4.99. The van der Waals surface area contributed by atoms with Gasteiger partial charge in [0.25, 0.3) is 0 Å². The van der Waals surface area contributed by atoms with Crippen LogP contribution in [0.4, 0.5) is 10.1 Å². The summed E-state index contributed by atoms with van der Waals surface area (Å²) in [6, 6.07) is 1.88. The number of sulfonamides is 2. The van der Waals surface area contributed by atoms with Gasteiger partial charge in [-0.25, -0.2) is 30.7 Å². The summed E-state index contributed by atoms with van der Waals surface area (Å²) in [7, 11) is -6.30. The molecule has 0 heterocycles. The molecule has 0 saturated heterocycles. The van der Waals surface area contributed by atoms with Crippen LogP contribution in [0.25, 0.3) is 0 Å². The molecule has 0 unspecified atom stereocenters. The first-order chi connectivity index (χ1) is 9.09. The Balaban J connectivity index is 2.93. The lowest BCUT2D eigenvalue weighted by molar-refractivity contribution is 0.578. The van der Waals surface area contributed by atoms with Crippen molar-refractivity contribution in [1.29, 1.82) is 0 Å². The zero-order valence-electron chi connectivity index (χ0n) is 10.4. The maximum Gasteiger partial charge on any atom is 0.241 e. The van der Waals surface area contributed by atoms with Gasteiger partial charge in [0, 0.05) is 11.0 Å². The summed E-state index contributed by atoms with van der Waals surface area (Å²) in [6.45, 7) is -0.324. The molecule has 4 N–H and O–H groups in total. The quantitative estimate of drug-likeness (QED) is 0.591. The van der Waals surface area contributed by atoms with Crippen LogP contribution in [-0.4, -0.2) is 36.2 Å². The van der Waals surface area contributed by atoms with E-state index in [1.165, 1.54) is 7.05 Å². The van der Waals surface area contributed by atoms with Crippen molar-refractivity contribution in [3.05, 3.63) is 22.4 Å². The molecular formula is C9H13BrFN3O4S2. The van der Waals surface area contributed by atoms with Crippen molar-refractivity contribution in [2.75, 3.05) is 25.1 Å². The van der Waals surface area contributed by atoms with Crippen LogP contribution >= 0.6 is 15.9 Å². The standard InChI is InChI=1S/C9H13BrFN3O4S2/c1-13-19(15,16)3-2-14-20(17,18)9-5-8(12)7(11)4-6(9)10/h4-5,13-14H,2-3,12H2,1H3. The maximum absolute atomic E-state index is 13.1. The zero-order chi connectivity index (χ0) is 15.6. The number of halogens is 2. The molecule has 0 fully saturated rings. The second-order valence-electron chi connectivity index (χ2n) is 3.72. The summed E-state index contributed by atoms with van der Waals surface area (Å²) in [4.78, 5) is -0.266. The Kier molecular flexibility index (Phi) is 5.49. The van der Waals surface area contributed by atoms with E-state index in [-0.39, 0.29) is 21.6 Å². The lowest BCUT2D eigenvalue weighted by atomic mass is 10.3. The summed E-state index contributed by atoms with van der Waals surface area (Å²) >= 11 is 2.92. The molecule has 7 nitrogen and oxygen atoms in total. The molecule has 1 aromatic carbocycles. The van der Waals surface area contributed by atoms with Crippen molar-refractivity contribution < 1.29 is 21.2 Å². The SMILES string of the molecule is CNS(=O)(=O)CCNS(=O)(=O)c1cc(N)c(F)cc1Br. The molecule has 0 aliphatic rings. The number of rotatable bonds is 6. The van der Waals surface area contributed by atoms with Crippen molar-refractivity contribution in [3.63, 3.8) is 0 Å². The van der Waals surface area contributed by atoms with E-state index in [1.807, 2.05) is 0 Å². The van der Waals surface area contributed by atoms with Gasteiger partial charge in [-0.1, -0.05) is 0 Å². The molecular weight excluding hydrogens is 377 g/mol. The van der Waals surface area contributed by atoms with E-state index in [0.717, 1.165) is 12.1 Å². The average Bonchev–Trinajstić information content (AvgIpc) is 2.33. The van der Waals surface area contributed by atoms with Crippen molar-refractivity contribution >= 4 is 41.7 Å². The van der Waals surface area contributed by atoms with E-state index in [9.17, 15) is 21.2 Å². The highest BCUT2D eigenvalue weighted by atomic mass is 79.9. The van der Waals surface area contributed by atoms with Gasteiger partial charge < -0.3 is 5.73 Å². The number of anilines is 1. The first kappa shape index (κ1) is 17.3. The second kappa shape index (κ2) is 6.35. The molecule has 114 valence electrons. The number of hydrogen-bond acceptors (Lipinski definition) is 5. The second-order valence-corrected chi connectivity index (χ2v) is 8.36. The van der Waals surface area contributed by atoms with Crippen LogP contribution in [0.5, 0.6) is 0 Å². The van der Waals surface area contributed by atoms with Crippen LogP contribution in [0.15, 0.2) is 21.5 Å². The van der Waals surface area contributed by atoms with E-state index in [0.29, 0.717) is 0 Å². The minimum absolute atomic E-state index is 0.00632. The molecule has 0 aliphatic carbocycles. The number of nitrogens with one attached hydrogen (secondary N) is 2. The molecule has 0 radical (unpaired) electrons. The highest BCUT2D eigenvalue weighted by Crippen LogP contribution is 2.26. The normalized spacial score (nSPS) is 12.6. The number of benzene rings is 1. The van der Waals surface area contributed by atoms with Gasteiger partial charge in [-0.15, -0.1) is 0 Å². The predicted octanol–water partition coefficient (Wildman–Crippen LogP) is -0.00210. The van der Waals surface area contributed by atoms with Gasteiger partial charge in [0.05, 0.1) is 16.3 Å². The molecule has 20 heavy (non-hydrogen) atoms. The van der Waals surface area contributed by atoms with E-state index in [4.69, 9.17) is 5.73 Å². The van der Waals surface area contributed by atoms with Crippen LogP contribution in [0.2, 0.25) is 0 Å². The minimum atomic E-state index is -4.00. The Morgan fingerprint density at radius 2 is 1.90 bits per heavy atom. The van der Waals surface area contributed by atoms with Crippen molar-refractivity contribution in [3.8, 4) is 0 Å². The molecule has 1 rings (SSSR count). The van der Waals surface area contributed by atoms with E-state index in [2.05, 4.69) is 25.4 Å².